The van der Waals surface area contributed by atoms with Crippen LogP contribution in [0.25, 0.3) is 0 Å². The molecule has 1 aliphatic heterocycles. The van der Waals surface area contributed by atoms with E-state index in [1.807, 2.05) is 25.8 Å². The summed E-state index contributed by atoms with van der Waals surface area (Å²) in [4.78, 5) is 11.2. The molecule has 2 aromatic rings. The van der Waals surface area contributed by atoms with Gasteiger partial charge in [-0.25, -0.2) is 4.98 Å². The molecule has 1 fully saturated rings. The second-order valence-corrected chi connectivity index (χ2v) is 8.62. The number of hydrogen-bond acceptors (Lipinski definition) is 3. The number of imidazole rings is 1. The standard InChI is InChI=1S/C24H38N6.HI/c1-20(2)23(30-12-6-4-5-7-13-30)17-28-24(25-3)27-16-21-9-8-10-22(15-21)18-29-14-11-26-19-29;/h8-11,14-15,19-20,23H,4-7,12-13,16-18H2,1-3H3,(H2,25,27,28);1H. The largest absolute Gasteiger partial charge is 0.355 e. The van der Waals surface area contributed by atoms with Crippen molar-refractivity contribution in [3.05, 3.63) is 54.1 Å². The Labute approximate surface area is 204 Å². The van der Waals surface area contributed by atoms with Gasteiger partial charge in [0.1, 0.15) is 0 Å². The number of rotatable bonds is 8. The first kappa shape index (κ1) is 25.6. The highest BCUT2D eigenvalue weighted by Crippen LogP contribution is 2.17. The van der Waals surface area contributed by atoms with E-state index in [0.717, 1.165) is 25.6 Å². The van der Waals surface area contributed by atoms with Crippen molar-refractivity contribution in [3.63, 3.8) is 0 Å². The van der Waals surface area contributed by atoms with Crippen molar-refractivity contribution in [2.24, 2.45) is 10.9 Å². The van der Waals surface area contributed by atoms with E-state index in [4.69, 9.17) is 0 Å². The molecule has 1 aromatic heterocycles. The third kappa shape index (κ3) is 8.44. The van der Waals surface area contributed by atoms with Crippen LogP contribution in [-0.2, 0) is 13.1 Å². The first-order valence-corrected chi connectivity index (χ1v) is 11.4. The second-order valence-electron chi connectivity index (χ2n) is 8.62. The number of halogens is 1. The van der Waals surface area contributed by atoms with Crippen LogP contribution in [-0.4, -0.2) is 53.1 Å². The van der Waals surface area contributed by atoms with E-state index in [9.17, 15) is 0 Å². The third-order valence-electron chi connectivity index (χ3n) is 5.96. The lowest BCUT2D eigenvalue weighted by atomic mass is 10.0. The third-order valence-corrected chi connectivity index (χ3v) is 5.96. The highest BCUT2D eigenvalue weighted by Gasteiger charge is 2.22. The Morgan fingerprint density at radius 2 is 1.84 bits per heavy atom. The van der Waals surface area contributed by atoms with Crippen molar-refractivity contribution in [1.29, 1.82) is 0 Å². The maximum Gasteiger partial charge on any atom is 0.191 e. The Morgan fingerprint density at radius 3 is 2.48 bits per heavy atom. The van der Waals surface area contributed by atoms with E-state index in [-0.39, 0.29) is 24.0 Å². The average molecular weight is 539 g/mol. The molecule has 1 aromatic carbocycles. The Bertz CT molecular complexity index is 766. The minimum Gasteiger partial charge on any atom is -0.355 e. The minimum absolute atomic E-state index is 0. The molecular weight excluding hydrogens is 499 g/mol. The van der Waals surface area contributed by atoms with E-state index in [1.54, 1.807) is 0 Å². The molecule has 1 unspecified atom stereocenters. The number of nitrogens with one attached hydrogen (secondary N) is 2. The molecule has 7 heteroatoms. The topological polar surface area (TPSA) is 57.5 Å². The second kappa shape index (κ2) is 13.7. The molecule has 2 N–H and O–H groups in total. The number of benzene rings is 1. The van der Waals surface area contributed by atoms with E-state index in [2.05, 4.69) is 68.2 Å². The zero-order valence-corrected chi connectivity index (χ0v) is 21.6. The van der Waals surface area contributed by atoms with Gasteiger partial charge in [0.2, 0.25) is 0 Å². The highest BCUT2D eigenvalue weighted by molar-refractivity contribution is 14.0. The normalized spacial score (nSPS) is 16.5. The first-order valence-electron chi connectivity index (χ1n) is 11.4. The maximum atomic E-state index is 4.44. The highest BCUT2D eigenvalue weighted by atomic mass is 127. The quantitative estimate of drug-likeness (QED) is 0.302. The maximum absolute atomic E-state index is 4.44. The summed E-state index contributed by atoms with van der Waals surface area (Å²) in [5.74, 6) is 1.49. The molecule has 6 nitrogen and oxygen atoms in total. The summed E-state index contributed by atoms with van der Waals surface area (Å²) >= 11 is 0. The van der Waals surface area contributed by atoms with Crippen LogP contribution in [0.3, 0.4) is 0 Å². The van der Waals surface area contributed by atoms with Gasteiger partial charge in [-0.05, 0) is 43.0 Å². The smallest absolute Gasteiger partial charge is 0.191 e. The molecule has 0 amide bonds. The van der Waals surface area contributed by atoms with Gasteiger partial charge in [-0.2, -0.15) is 0 Å². The van der Waals surface area contributed by atoms with Gasteiger partial charge in [0, 0.05) is 45.1 Å². The molecule has 31 heavy (non-hydrogen) atoms. The summed E-state index contributed by atoms with van der Waals surface area (Å²) in [6.45, 7) is 9.64. The first-order chi connectivity index (χ1) is 14.7. The molecule has 1 aliphatic rings. The predicted molar refractivity (Wildman–Crippen MR) is 140 cm³/mol. The number of hydrogen-bond donors (Lipinski definition) is 2. The summed E-state index contributed by atoms with van der Waals surface area (Å²) in [5.41, 5.74) is 2.53. The van der Waals surface area contributed by atoms with Crippen LogP contribution in [0, 0.1) is 5.92 Å². The number of likely N-dealkylation sites (tertiary alicyclic amines) is 1. The van der Waals surface area contributed by atoms with E-state index in [1.165, 1.54) is 49.9 Å². The van der Waals surface area contributed by atoms with Gasteiger partial charge in [-0.15, -0.1) is 24.0 Å². The van der Waals surface area contributed by atoms with Gasteiger partial charge in [0.25, 0.3) is 0 Å². The summed E-state index contributed by atoms with van der Waals surface area (Å²) in [6.07, 6.45) is 11.1. The molecule has 0 spiro atoms. The van der Waals surface area contributed by atoms with Crippen molar-refractivity contribution < 1.29 is 0 Å². The van der Waals surface area contributed by atoms with Gasteiger partial charge in [0.15, 0.2) is 5.96 Å². The van der Waals surface area contributed by atoms with Crippen molar-refractivity contribution >= 4 is 29.9 Å². The molecule has 172 valence electrons. The van der Waals surface area contributed by atoms with E-state index < -0.39 is 0 Å². The molecule has 0 bridgehead atoms. The van der Waals surface area contributed by atoms with E-state index >= 15 is 0 Å². The van der Waals surface area contributed by atoms with Crippen LogP contribution in [0.15, 0.2) is 48.0 Å². The molecule has 3 rings (SSSR count). The van der Waals surface area contributed by atoms with Crippen LogP contribution < -0.4 is 10.6 Å². The number of guanidine groups is 1. The van der Waals surface area contributed by atoms with Crippen LogP contribution in [0.5, 0.6) is 0 Å². The Balaban J connectivity index is 0.00000341. The Morgan fingerprint density at radius 1 is 1.10 bits per heavy atom. The fraction of sp³-hybridized carbons (Fsp3) is 0.583. The molecule has 0 aliphatic carbocycles. The summed E-state index contributed by atoms with van der Waals surface area (Å²) in [5, 5.41) is 7.06. The number of aliphatic imine (C=N–C) groups is 1. The lowest BCUT2D eigenvalue weighted by Gasteiger charge is -2.34. The van der Waals surface area contributed by atoms with Gasteiger partial charge in [-0.3, -0.25) is 9.89 Å². The van der Waals surface area contributed by atoms with Crippen LogP contribution >= 0.6 is 24.0 Å². The van der Waals surface area contributed by atoms with Crippen LogP contribution in [0.4, 0.5) is 0 Å². The van der Waals surface area contributed by atoms with Crippen molar-refractivity contribution in [2.75, 3.05) is 26.7 Å². The molecule has 0 radical (unpaired) electrons. The molecular formula is C24H39IN6. The lowest BCUT2D eigenvalue weighted by Crippen LogP contribution is -2.49. The minimum atomic E-state index is 0. The van der Waals surface area contributed by atoms with Crippen LogP contribution in [0.2, 0.25) is 0 Å². The van der Waals surface area contributed by atoms with Gasteiger partial charge >= 0.3 is 0 Å². The van der Waals surface area contributed by atoms with Crippen molar-refractivity contribution in [2.45, 2.75) is 58.7 Å². The average Bonchev–Trinajstić information content (AvgIpc) is 3.10. The molecule has 2 heterocycles. The zero-order valence-electron chi connectivity index (χ0n) is 19.3. The van der Waals surface area contributed by atoms with Crippen molar-refractivity contribution in [1.82, 2.24) is 25.1 Å². The predicted octanol–water partition coefficient (Wildman–Crippen LogP) is 4.12. The molecule has 0 saturated carbocycles. The molecule has 1 saturated heterocycles. The Hall–Kier alpha value is -1.61. The zero-order chi connectivity index (χ0) is 21.2. The SMILES string of the molecule is CN=C(NCc1cccc(Cn2ccnc2)c1)NCC(C(C)C)N1CCCCCC1.I. The number of nitrogens with zero attached hydrogens (tertiary/aromatic N) is 4. The van der Waals surface area contributed by atoms with Gasteiger partial charge in [0.05, 0.1) is 6.33 Å². The summed E-state index contributed by atoms with van der Waals surface area (Å²) < 4.78 is 2.09. The fourth-order valence-electron chi connectivity index (χ4n) is 4.25. The summed E-state index contributed by atoms with van der Waals surface area (Å²) in [6, 6.07) is 9.22. The van der Waals surface area contributed by atoms with Gasteiger partial charge < -0.3 is 15.2 Å². The molecule has 1 atom stereocenters. The Kier molecular flexibility index (Phi) is 11.4. The number of aromatic nitrogens is 2. The monoisotopic (exact) mass is 538 g/mol. The van der Waals surface area contributed by atoms with Crippen molar-refractivity contribution in [3.8, 4) is 0 Å². The van der Waals surface area contributed by atoms with E-state index in [0.29, 0.717) is 12.0 Å². The summed E-state index contributed by atoms with van der Waals surface area (Å²) in [7, 11) is 1.85. The van der Waals surface area contributed by atoms with Gasteiger partial charge in [-0.1, -0.05) is 51.0 Å². The fourth-order valence-corrected chi connectivity index (χ4v) is 4.25. The van der Waals surface area contributed by atoms with Crippen LogP contribution in [0.1, 0.15) is 50.7 Å². The lowest BCUT2D eigenvalue weighted by molar-refractivity contribution is 0.161.